The fraction of sp³-hybridized carbons (Fsp3) is 0.438. The van der Waals surface area contributed by atoms with Crippen LogP contribution in [0.25, 0.3) is 10.9 Å². The van der Waals surface area contributed by atoms with Crippen LogP contribution in [-0.4, -0.2) is 23.6 Å². The molecule has 1 atom stereocenters. The monoisotopic (exact) mass is 257 g/mol. The maximum absolute atomic E-state index is 12.3. The van der Waals surface area contributed by atoms with Gasteiger partial charge in [-0.05, 0) is 12.5 Å². The Hall–Kier alpha value is -1.61. The molecular weight excluding hydrogens is 238 g/mol. The lowest BCUT2D eigenvalue weighted by Gasteiger charge is -2.11. The van der Waals surface area contributed by atoms with Crippen molar-refractivity contribution in [2.75, 3.05) is 13.2 Å². The van der Waals surface area contributed by atoms with E-state index in [4.69, 9.17) is 4.74 Å². The van der Waals surface area contributed by atoms with E-state index in [1.807, 2.05) is 38.2 Å². The van der Waals surface area contributed by atoms with E-state index >= 15 is 0 Å². The summed E-state index contributed by atoms with van der Waals surface area (Å²) in [4.78, 5) is 12.3. The van der Waals surface area contributed by atoms with Crippen LogP contribution in [0.15, 0.2) is 30.5 Å². The summed E-state index contributed by atoms with van der Waals surface area (Å²) < 4.78 is 7.69. The van der Waals surface area contributed by atoms with Gasteiger partial charge in [-0.25, -0.2) is 0 Å². The topological polar surface area (TPSA) is 31.2 Å². The van der Waals surface area contributed by atoms with Gasteiger partial charge in [0, 0.05) is 35.2 Å². The normalized spacial score (nSPS) is 19.4. The minimum absolute atomic E-state index is 0.0269. The molecule has 100 valence electrons. The van der Waals surface area contributed by atoms with Crippen LogP contribution in [0.5, 0.6) is 0 Å². The smallest absolute Gasteiger partial charge is 0.167 e. The standard InChI is InChI=1S/C16H19NO2/c1-11(2)16(18)14-9-17(12-7-8-19-10-12)15-6-4-3-5-13(14)15/h3-6,9,11-12H,7-8,10H2,1-2H3. The van der Waals surface area contributed by atoms with Gasteiger partial charge in [0.05, 0.1) is 12.6 Å². The Morgan fingerprint density at radius 3 is 2.84 bits per heavy atom. The minimum Gasteiger partial charge on any atom is -0.379 e. The molecule has 1 aliphatic rings. The molecular formula is C16H19NO2. The van der Waals surface area contributed by atoms with Gasteiger partial charge in [0.15, 0.2) is 5.78 Å². The average molecular weight is 257 g/mol. The van der Waals surface area contributed by atoms with E-state index in [1.165, 1.54) is 0 Å². The molecule has 1 aliphatic heterocycles. The fourth-order valence-corrected chi connectivity index (χ4v) is 2.76. The first kappa shape index (κ1) is 12.4. The highest BCUT2D eigenvalue weighted by atomic mass is 16.5. The Morgan fingerprint density at radius 1 is 1.37 bits per heavy atom. The number of hydrogen-bond acceptors (Lipinski definition) is 2. The highest BCUT2D eigenvalue weighted by molar-refractivity contribution is 6.08. The van der Waals surface area contributed by atoms with Gasteiger partial charge in [0.25, 0.3) is 0 Å². The van der Waals surface area contributed by atoms with Crippen LogP contribution in [0.3, 0.4) is 0 Å². The largest absolute Gasteiger partial charge is 0.379 e. The van der Waals surface area contributed by atoms with Gasteiger partial charge in [-0.15, -0.1) is 0 Å². The second-order valence-electron chi connectivity index (χ2n) is 5.50. The van der Waals surface area contributed by atoms with Crippen LogP contribution in [0.4, 0.5) is 0 Å². The molecule has 0 spiro atoms. The molecule has 0 N–H and O–H groups in total. The molecule has 3 rings (SSSR count). The zero-order chi connectivity index (χ0) is 13.4. The molecule has 2 heterocycles. The van der Waals surface area contributed by atoms with Crippen molar-refractivity contribution in [2.24, 2.45) is 5.92 Å². The lowest BCUT2D eigenvalue weighted by Crippen LogP contribution is -2.09. The molecule has 0 amide bonds. The molecule has 1 aromatic heterocycles. The minimum atomic E-state index is 0.0269. The third-order valence-corrected chi connectivity index (χ3v) is 3.83. The predicted octanol–water partition coefficient (Wildman–Crippen LogP) is 3.44. The summed E-state index contributed by atoms with van der Waals surface area (Å²) in [5, 5.41) is 1.06. The number of hydrogen-bond donors (Lipinski definition) is 0. The number of ketones is 1. The Morgan fingerprint density at radius 2 is 2.16 bits per heavy atom. The number of carbonyl (C=O) groups is 1. The lowest BCUT2D eigenvalue weighted by atomic mass is 10.0. The van der Waals surface area contributed by atoms with Gasteiger partial charge in [0.2, 0.25) is 0 Å². The molecule has 2 aromatic rings. The maximum Gasteiger partial charge on any atom is 0.167 e. The number of nitrogens with zero attached hydrogens (tertiary/aromatic N) is 1. The first-order valence-corrected chi connectivity index (χ1v) is 6.90. The average Bonchev–Trinajstić information content (AvgIpc) is 3.04. The molecule has 1 fully saturated rings. The third kappa shape index (κ3) is 2.08. The van der Waals surface area contributed by atoms with Gasteiger partial charge in [0.1, 0.15) is 0 Å². The summed E-state index contributed by atoms with van der Waals surface area (Å²) in [6, 6.07) is 8.51. The Kier molecular flexibility index (Phi) is 3.15. The van der Waals surface area contributed by atoms with E-state index in [0.29, 0.717) is 6.04 Å². The molecule has 3 heteroatoms. The third-order valence-electron chi connectivity index (χ3n) is 3.83. The highest BCUT2D eigenvalue weighted by Gasteiger charge is 2.23. The van der Waals surface area contributed by atoms with Crippen LogP contribution < -0.4 is 0 Å². The van der Waals surface area contributed by atoms with Gasteiger partial charge >= 0.3 is 0 Å². The number of ether oxygens (including phenoxy) is 1. The number of para-hydroxylation sites is 1. The summed E-state index contributed by atoms with van der Waals surface area (Å²) in [5.74, 6) is 0.243. The van der Waals surface area contributed by atoms with Crippen molar-refractivity contribution in [3.63, 3.8) is 0 Å². The molecule has 1 aromatic carbocycles. The van der Waals surface area contributed by atoms with Gasteiger partial charge in [-0.3, -0.25) is 4.79 Å². The zero-order valence-electron chi connectivity index (χ0n) is 11.4. The molecule has 0 radical (unpaired) electrons. The second kappa shape index (κ2) is 4.82. The Bertz CT molecular complexity index is 606. The summed E-state index contributed by atoms with van der Waals surface area (Å²) in [5.41, 5.74) is 1.99. The van der Waals surface area contributed by atoms with Crippen molar-refractivity contribution in [3.05, 3.63) is 36.0 Å². The molecule has 0 bridgehead atoms. The summed E-state index contributed by atoms with van der Waals surface area (Å²) >= 11 is 0. The van der Waals surface area contributed by atoms with Crippen molar-refractivity contribution in [1.82, 2.24) is 4.57 Å². The van der Waals surface area contributed by atoms with Gasteiger partial charge in [-0.2, -0.15) is 0 Å². The number of rotatable bonds is 3. The molecule has 0 aliphatic carbocycles. The molecule has 19 heavy (non-hydrogen) atoms. The molecule has 0 saturated carbocycles. The van der Waals surface area contributed by atoms with E-state index in [9.17, 15) is 4.79 Å². The number of benzene rings is 1. The van der Waals surface area contributed by atoms with Crippen molar-refractivity contribution >= 4 is 16.7 Å². The van der Waals surface area contributed by atoms with Gasteiger partial charge in [-0.1, -0.05) is 32.0 Å². The maximum atomic E-state index is 12.3. The Labute approximate surface area is 113 Å². The van der Waals surface area contributed by atoms with Crippen molar-refractivity contribution in [1.29, 1.82) is 0 Å². The first-order valence-electron chi connectivity index (χ1n) is 6.90. The van der Waals surface area contributed by atoms with E-state index in [1.54, 1.807) is 0 Å². The SMILES string of the molecule is CC(C)C(=O)c1cn(C2CCOC2)c2ccccc12. The van der Waals surface area contributed by atoms with Crippen molar-refractivity contribution in [2.45, 2.75) is 26.3 Å². The lowest BCUT2D eigenvalue weighted by molar-refractivity contribution is 0.0940. The predicted molar refractivity (Wildman–Crippen MR) is 75.6 cm³/mol. The van der Waals surface area contributed by atoms with Crippen molar-refractivity contribution in [3.8, 4) is 0 Å². The quantitative estimate of drug-likeness (QED) is 0.789. The number of Topliss-reactive ketones (excluding diaryl/α,β-unsaturated/α-hetero) is 1. The van der Waals surface area contributed by atoms with Crippen LogP contribution in [-0.2, 0) is 4.74 Å². The summed E-state index contributed by atoms with van der Waals surface area (Å²) in [6.45, 7) is 5.46. The van der Waals surface area contributed by atoms with E-state index in [2.05, 4.69) is 10.6 Å². The van der Waals surface area contributed by atoms with Crippen LogP contribution >= 0.6 is 0 Å². The van der Waals surface area contributed by atoms with Crippen LogP contribution in [0.2, 0.25) is 0 Å². The van der Waals surface area contributed by atoms with Crippen LogP contribution in [0, 0.1) is 5.92 Å². The first-order chi connectivity index (χ1) is 9.18. The van der Waals surface area contributed by atoms with E-state index in [-0.39, 0.29) is 11.7 Å². The second-order valence-corrected chi connectivity index (χ2v) is 5.50. The fourth-order valence-electron chi connectivity index (χ4n) is 2.76. The summed E-state index contributed by atoms with van der Waals surface area (Å²) in [6.07, 6.45) is 3.04. The molecule has 1 saturated heterocycles. The van der Waals surface area contributed by atoms with Crippen molar-refractivity contribution < 1.29 is 9.53 Å². The number of carbonyl (C=O) groups excluding carboxylic acids is 1. The number of aromatic nitrogens is 1. The molecule has 1 unspecified atom stereocenters. The zero-order valence-corrected chi connectivity index (χ0v) is 11.4. The van der Waals surface area contributed by atoms with Crippen LogP contribution in [0.1, 0.15) is 36.7 Å². The summed E-state index contributed by atoms with van der Waals surface area (Å²) in [7, 11) is 0. The number of fused-ring (bicyclic) bond motifs is 1. The molecule has 3 nitrogen and oxygen atoms in total. The van der Waals surface area contributed by atoms with E-state index < -0.39 is 0 Å². The Balaban J connectivity index is 2.15. The van der Waals surface area contributed by atoms with Gasteiger partial charge < -0.3 is 9.30 Å². The van der Waals surface area contributed by atoms with E-state index in [0.717, 1.165) is 36.1 Å². The highest BCUT2D eigenvalue weighted by Crippen LogP contribution is 2.29.